The molecule has 2 aromatic carbocycles. The van der Waals surface area contributed by atoms with Crippen molar-refractivity contribution in [2.45, 2.75) is 38.6 Å². The second-order valence-corrected chi connectivity index (χ2v) is 7.59. The number of hydrogen-bond donors (Lipinski definition) is 0. The van der Waals surface area contributed by atoms with Gasteiger partial charge in [0.25, 0.3) is 0 Å². The summed E-state index contributed by atoms with van der Waals surface area (Å²) in [4.78, 5) is 13.8. The standard InChI is InChI=1S/C21H20FN3/c1-20(2)16-12-14(22)6-7-15(16)19(25-21(20,3)4)13-5-8-17-18(11-13)24-10-9-23-17/h5-12H,1-4H3. The Balaban J connectivity index is 1.98. The molecule has 0 amide bonds. The first-order chi connectivity index (χ1) is 11.8. The molecule has 0 bridgehead atoms. The van der Waals surface area contributed by atoms with Crippen LogP contribution in [0, 0.1) is 5.82 Å². The zero-order valence-electron chi connectivity index (χ0n) is 14.8. The van der Waals surface area contributed by atoms with Crippen molar-refractivity contribution < 1.29 is 4.39 Å². The SMILES string of the molecule is CC1(C)N=C(c2ccc3nccnc3c2)c2ccc(F)cc2C1(C)C. The predicted molar refractivity (Wildman–Crippen MR) is 98.7 cm³/mol. The zero-order chi connectivity index (χ0) is 17.8. The van der Waals surface area contributed by atoms with Crippen molar-refractivity contribution in [3.63, 3.8) is 0 Å². The van der Waals surface area contributed by atoms with Crippen molar-refractivity contribution >= 4 is 16.7 Å². The molecule has 1 aliphatic rings. The van der Waals surface area contributed by atoms with Crippen molar-refractivity contribution in [3.8, 4) is 0 Å². The van der Waals surface area contributed by atoms with Gasteiger partial charge in [-0.3, -0.25) is 15.0 Å². The summed E-state index contributed by atoms with van der Waals surface area (Å²) in [6.07, 6.45) is 3.37. The van der Waals surface area contributed by atoms with E-state index in [0.29, 0.717) is 0 Å². The highest BCUT2D eigenvalue weighted by molar-refractivity contribution is 6.15. The largest absolute Gasteiger partial charge is 0.277 e. The van der Waals surface area contributed by atoms with Crippen molar-refractivity contribution in [2.24, 2.45) is 4.99 Å². The van der Waals surface area contributed by atoms with Crippen molar-refractivity contribution in [2.75, 3.05) is 0 Å². The van der Waals surface area contributed by atoms with Gasteiger partial charge in [0.15, 0.2) is 0 Å². The number of nitrogens with zero attached hydrogens (tertiary/aromatic N) is 3. The number of aromatic nitrogens is 2. The van der Waals surface area contributed by atoms with Gasteiger partial charge >= 0.3 is 0 Å². The molecule has 0 atom stereocenters. The molecular formula is C21H20FN3. The molecule has 126 valence electrons. The smallest absolute Gasteiger partial charge is 0.123 e. The fourth-order valence-corrected chi connectivity index (χ4v) is 3.38. The Labute approximate surface area is 146 Å². The van der Waals surface area contributed by atoms with E-state index in [2.05, 4.69) is 37.7 Å². The summed E-state index contributed by atoms with van der Waals surface area (Å²) in [7, 11) is 0. The van der Waals surface area contributed by atoms with E-state index in [0.717, 1.165) is 33.4 Å². The maximum Gasteiger partial charge on any atom is 0.123 e. The molecule has 0 radical (unpaired) electrons. The van der Waals surface area contributed by atoms with Crippen LogP contribution in [0.5, 0.6) is 0 Å². The summed E-state index contributed by atoms with van der Waals surface area (Å²) < 4.78 is 14.0. The summed E-state index contributed by atoms with van der Waals surface area (Å²) in [5.74, 6) is -0.215. The van der Waals surface area contributed by atoms with Crippen LogP contribution < -0.4 is 0 Å². The highest BCUT2D eigenvalue weighted by Gasteiger charge is 2.44. The number of benzene rings is 2. The molecule has 4 rings (SSSR count). The normalized spacial score (nSPS) is 17.9. The molecule has 0 saturated carbocycles. The van der Waals surface area contributed by atoms with Crippen LogP contribution in [0.4, 0.5) is 4.39 Å². The predicted octanol–water partition coefficient (Wildman–Crippen LogP) is 4.68. The average Bonchev–Trinajstić information content (AvgIpc) is 2.58. The number of hydrogen-bond acceptors (Lipinski definition) is 3. The molecule has 25 heavy (non-hydrogen) atoms. The van der Waals surface area contributed by atoms with Crippen LogP contribution in [0.15, 0.2) is 53.8 Å². The molecule has 1 aliphatic heterocycles. The third-order valence-electron chi connectivity index (χ3n) is 5.57. The van der Waals surface area contributed by atoms with E-state index < -0.39 is 0 Å². The van der Waals surface area contributed by atoms with E-state index in [4.69, 9.17) is 4.99 Å². The monoisotopic (exact) mass is 333 g/mol. The first kappa shape index (κ1) is 15.9. The lowest BCUT2D eigenvalue weighted by molar-refractivity contribution is 0.302. The van der Waals surface area contributed by atoms with Gasteiger partial charge in [0.2, 0.25) is 0 Å². The number of rotatable bonds is 1. The van der Waals surface area contributed by atoms with Crippen LogP contribution >= 0.6 is 0 Å². The Morgan fingerprint density at radius 3 is 2.32 bits per heavy atom. The third-order valence-corrected chi connectivity index (χ3v) is 5.57. The van der Waals surface area contributed by atoms with E-state index in [-0.39, 0.29) is 16.8 Å². The van der Waals surface area contributed by atoms with Gasteiger partial charge in [-0.05, 0) is 49.7 Å². The van der Waals surface area contributed by atoms with Gasteiger partial charge in [-0.25, -0.2) is 4.39 Å². The number of aliphatic imine (C=N–C) groups is 1. The summed E-state index contributed by atoms with van der Waals surface area (Å²) in [5, 5.41) is 0. The Kier molecular flexibility index (Phi) is 3.29. The van der Waals surface area contributed by atoms with Gasteiger partial charge < -0.3 is 0 Å². The number of fused-ring (bicyclic) bond motifs is 2. The van der Waals surface area contributed by atoms with Crippen LogP contribution in [-0.4, -0.2) is 21.2 Å². The minimum Gasteiger partial charge on any atom is -0.277 e. The van der Waals surface area contributed by atoms with E-state index in [1.807, 2.05) is 24.3 Å². The Hall–Kier alpha value is -2.62. The fourth-order valence-electron chi connectivity index (χ4n) is 3.38. The third kappa shape index (κ3) is 2.36. The molecule has 0 fully saturated rings. The van der Waals surface area contributed by atoms with Crippen LogP contribution in [0.3, 0.4) is 0 Å². The molecule has 4 heteroatoms. The van der Waals surface area contributed by atoms with Crippen LogP contribution in [0.2, 0.25) is 0 Å². The van der Waals surface area contributed by atoms with Gasteiger partial charge in [0.1, 0.15) is 5.82 Å². The van der Waals surface area contributed by atoms with Crippen LogP contribution in [0.25, 0.3) is 11.0 Å². The Morgan fingerprint density at radius 1 is 0.840 bits per heavy atom. The second-order valence-electron chi connectivity index (χ2n) is 7.59. The summed E-state index contributed by atoms with van der Waals surface area (Å²) >= 11 is 0. The van der Waals surface area contributed by atoms with Gasteiger partial charge in [-0.15, -0.1) is 0 Å². The lowest BCUT2D eigenvalue weighted by Gasteiger charge is -2.44. The molecule has 0 spiro atoms. The molecule has 2 heterocycles. The molecule has 1 aromatic heterocycles. The quantitative estimate of drug-likeness (QED) is 0.649. The lowest BCUT2D eigenvalue weighted by Crippen LogP contribution is -2.46. The topological polar surface area (TPSA) is 38.1 Å². The van der Waals surface area contributed by atoms with Gasteiger partial charge in [0, 0.05) is 28.9 Å². The van der Waals surface area contributed by atoms with E-state index in [1.54, 1.807) is 18.5 Å². The molecule has 0 aliphatic carbocycles. The van der Waals surface area contributed by atoms with E-state index in [9.17, 15) is 4.39 Å². The Morgan fingerprint density at radius 2 is 1.56 bits per heavy atom. The van der Waals surface area contributed by atoms with E-state index >= 15 is 0 Å². The second kappa shape index (κ2) is 5.19. The van der Waals surface area contributed by atoms with E-state index in [1.165, 1.54) is 6.07 Å². The minimum atomic E-state index is -0.361. The zero-order valence-corrected chi connectivity index (χ0v) is 14.8. The van der Waals surface area contributed by atoms with Gasteiger partial charge in [0.05, 0.1) is 22.3 Å². The van der Waals surface area contributed by atoms with Crippen molar-refractivity contribution in [3.05, 3.63) is 71.3 Å². The lowest BCUT2D eigenvalue weighted by atomic mass is 9.65. The first-order valence-corrected chi connectivity index (χ1v) is 8.41. The van der Waals surface area contributed by atoms with Gasteiger partial charge in [-0.1, -0.05) is 19.9 Å². The first-order valence-electron chi connectivity index (χ1n) is 8.41. The highest BCUT2D eigenvalue weighted by atomic mass is 19.1. The summed E-state index contributed by atoms with van der Waals surface area (Å²) in [6, 6.07) is 11.0. The van der Waals surface area contributed by atoms with Gasteiger partial charge in [-0.2, -0.15) is 0 Å². The average molecular weight is 333 g/mol. The van der Waals surface area contributed by atoms with Crippen molar-refractivity contribution in [1.82, 2.24) is 9.97 Å². The van der Waals surface area contributed by atoms with Crippen LogP contribution in [0.1, 0.15) is 44.4 Å². The Bertz CT molecular complexity index is 1020. The summed E-state index contributed by atoms with van der Waals surface area (Å²) in [6.45, 7) is 8.44. The maximum atomic E-state index is 14.0. The summed E-state index contributed by atoms with van der Waals surface area (Å²) in [5.41, 5.74) is 4.87. The maximum absolute atomic E-state index is 14.0. The van der Waals surface area contributed by atoms with Crippen LogP contribution in [-0.2, 0) is 5.41 Å². The minimum absolute atomic E-state index is 0.215. The molecule has 0 saturated heterocycles. The molecule has 3 nitrogen and oxygen atoms in total. The molecule has 3 aromatic rings. The number of halogens is 1. The highest BCUT2D eigenvalue weighted by Crippen LogP contribution is 2.44. The molecule has 0 unspecified atom stereocenters. The van der Waals surface area contributed by atoms with Crippen molar-refractivity contribution in [1.29, 1.82) is 0 Å². The molecular weight excluding hydrogens is 313 g/mol. The fraction of sp³-hybridized carbons (Fsp3) is 0.286. The molecule has 0 N–H and O–H groups in total.